The van der Waals surface area contributed by atoms with Crippen molar-refractivity contribution in [1.29, 1.82) is 0 Å². The molecule has 0 unspecified atom stereocenters. The highest BCUT2D eigenvalue weighted by Gasteiger charge is 2.29. The van der Waals surface area contributed by atoms with E-state index in [9.17, 15) is 4.79 Å². The molecule has 0 radical (unpaired) electrons. The van der Waals surface area contributed by atoms with Crippen molar-refractivity contribution >= 4 is 17.2 Å². The summed E-state index contributed by atoms with van der Waals surface area (Å²) in [6, 6.07) is 2.19. The van der Waals surface area contributed by atoms with E-state index in [-0.39, 0.29) is 5.91 Å². The van der Waals surface area contributed by atoms with Crippen molar-refractivity contribution in [3.8, 4) is 0 Å². The van der Waals surface area contributed by atoms with Gasteiger partial charge in [0.1, 0.15) is 0 Å². The fourth-order valence-corrected chi connectivity index (χ4v) is 3.69. The lowest BCUT2D eigenvalue weighted by atomic mass is 10.1. The van der Waals surface area contributed by atoms with Gasteiger partial charge in [-0.05, 0) is 49.3 Å². The summed E-state index contributed by atoms with van der Waals surface area (Å²) < 4.78 is 4.00. The molecule has 3 aromatic heterocycles. The molecule has 0 bridgehead atoms. The molecule has 1 aliphatic heterocycles. The van der Waals surface area contributed by atoms with Gasteiger partial charge in [0, 0.05) is 31.6 Å². The lowest BCUT2D eigenvalue weighted by Crippen LogP contribution is -2.24. The molecule has 0 N–H and O–H groups in total. The monoisotopic (exact) mass is 335 g/mol. The molecule has 2 fully saturated rings. The van der Waals surface area contributed by atoms with Gasteiger partial charge in [-0.1, -0.05) is 0 Å². The molecule has 25 heavy (non-hydrogen) atoms. The van der Waals surface area contributed by atoms with Crippen molar-refractivity contribution in [3.63, 3.8) is 0 Å². The number of imidazole rings is 1. The van der Waals surface area contributed by atoms with Crippen molar-refractivity contribution < 1.29 is 4.79 Å². The summed E-state index contributed by atoms with van der Waals surface area (Å²) in [5, 5.41) is 4.35. The predicted molar refractivity (Wildman–Crippen MR) is 94.8 cm³/mol. The molecule has 5 rings (SSSR count). The number of nitrogens with zero attached hydrogens (tertiary/aromatic N) is 5. The van der Waals surface area contributed by atoms with Gasteiger partial charge in [-0.3, -0.25) is 9.48 Å². The Morgan fingerprint density at radius 1 is 1.24 bits per heavy atom. The Morgan fingerprint density at radius 2 is 2.12 bits per heavy atom. The summed E-state index contributed by atoms with van der Waals surface area (Å²) in [5.74, 6) is 0.850. The van der Waals surface area contributed by atoms with Crippen LogP contribution in [-0.4, -0.2) is 31.6 Å². The van der Waals surface area contributed by atoms with E-state index in [1.54, 1.807) is 0 Å². The quantitative estimate of drug-likeness (QED) is 0.737. The SMILES string of the molecule is Cc1cnn(Cc2cn3cc(C4CC4)cc(N4CCCC4=O)c3n2)c1. The Morgan fingerprint density at radius 3 is 2.80 bits per heavy atom. The third-order valence-corrected chi connectivity index (χ3v) is 5.10. The van der Waals surface area contributed by atoms with Crippen LogP contribution in [0.1, 0.15) is 48.4 Å². The molecule has 6 nitrogen and oxygen atoms in total. The molecule has 0 spiro atoms. The first-order valence-electron chi connectivity index (χ1n) is 8.98. The summed E-state index contributed by atoms with van der Waals surface area (Å²) in [6.07, 6.45) is 12.2. The number of aryl methyl sites for hydroxylation is 1. The maximum Gasteiger partial charge on any atom is 0.227 e. The smallest absolute Gasteiger partial charge is 0.227 e. The van der Waals surface area contributed by atoms with Crippen LogP contribution in [0, 0.1) is 6.92 Å². The third-order valence-electron chi connectivity index (χ3n) is 5.10. The second-order valence-electron chi connectivity index (χ2n) is 7.26. The van der Waals surface area contributed by atoms with Gasteiger partial charge in [0.05, 0.1) is 24.1 Å². The average molecular weight is 335 g/mol. The zero-order valence-corrected chi connectivity index (χ0v) is 14.4. The van der Waals surface area contributed by atoms with Gasteiger partial charge in [-0.15, -0.1) is 0 Å². The van der Waals surface area contributed by atoms with Crippen molar-refractivity contribution in [2.75, 3.05) is 11.4 Å². The third kappa shape index (κ3) is 2.62. The number of hydrogen-bond donors (Lipinski definition) is 0. The first-order valence-corrected chi connectivity index (χ1v) is 8.98. The maximum atomic E-state index is 12.3. The number of aromatic nitrogens is 4. The molecule has 6 heteroatoms. The number of fused-ring (bicyclic) bond motifs is 1. The summed E-state index contributed by atoms with van der Waals surface area (Å²) in [4.78, 5) is 19.0. The van der Waals surface area contributed by atoms with E-state index in [1.807, 2.05) is 28.9 Å². The van der Waals surface area contributed by atoms with Crippen molar-refractivity contribution in [2.24, 2.45) is 0 Å². The van der Waals surface area contributed by atoms with E-state index in [0.29, 0.717) is 18.9 Å². The van der Waals surface area contributed by atoms with Crippen LogP contribution in [-0.2, 0) is 11.3 Å². The Hall–Kier alpha value is -2.63. The van der Waals surface area contributed by atoms with Gasteiger partial charge < -0.3 is 9.30 Å². The number of hydrogen-bond acceptors (Lipinski definition) is 3. The molecule has 1 amide bonds. The van der Waals surface area contributed by atoms with Crippen LogP contribution in [0.2, 0.25) is 0 Å². The molecular formula is C19H21N5O. The lowest BCUT2D eigenvalue weighted by Gasteiger charge is -2.17. The number of pyridine rings is 1. The van der Waals surface area contributed by atoms with Crippen molar-refractivity contribution in [1.82, 2.24) is 19.2 Å². The fourth-order valence-electron chi connectivity index (χ4n) is 3.69. The Kier molecular flexibility index (Phi) is 3.20. The number of carbonyl (C=O) groups is 1. The van der Waals surface area contributed by atoms with E-state index in [1.165, 1.54) is 18.4 Å². The summed E-state index contributed by atoms with van der Waals surface area (Å²) in [7, 11) is 0. The molecule has 128 valence electrons. The van der Waals surface area contributed by atoms with Crippen LogP contribution < -0.4 is 4.90 Å². The highest BCUT2D eigenvalue weighted by atomic mass is 16.2. The van der Waals surface area contributed by atoms with Crippen molar-refractivity contribution in [2.45, 2.75) is 45.1 Å². The number of amides is 1. The van der Waals surface area contributed by atoms with Gasteiger partial charge in [-0.2, -0.15) is 5.10 Å². The lowest BCUT2D eigenvalue weighted by molar-refractivity contribution is -0.117. The summed E-state index contributed by atoms with van der Waals surface area (Å²) in [5.41, 5.74) is 5.27. The molecule has 1 saturated carbocycles. The molecule has 3 aromatic rings. The molecule has 1 aliphatic carbocycles. The van der Waals surface area contributed by atoms with Crippen LogP contribution >= 0.6 is 0 Å². The number of carbonyl (C=O) groups excluding carboxylic acids is 1. The van der Waals surface area contributed by atoms with Crippen LogP contribution in [0.5, 0.6) is 0 Å². The van der Waals surface area contributed by atoms with Crippen molar-refractivity contribution in [3.05, 3.63) is 47.7 Å². The van der Waals surface area contributed by atoms with E-state index in [0.717, 1.165) is 35.6 Å². The van der Waals surface area contributed by atoms with E-state index in [4.69, 9.17) is 4.98 Å². The summed E-state index contributed by atoms with van der Waals surface area (Å²) in [6.45, 7) is 3.47. The zero-order valence-electron chi connectivity index (χ0n) is 14.4. The van der Waals surface area contributed by atoms with Crippen LogP contribution in [0.3, 0.4) is 0 Å². The summed E-state index contributed by atoms with van der Waals surface area (Å²) >= 11 is 0. The van der Waals surface area contributed by atoms with Crippen LogP contribution in [0.25, 0.3) is 5.65 Å². The minimum absolute atomic E-state index is 0.210. The second kappa shape index (κ2) is 5.44. The van der Waals surface area contributed by atoms with Gasteiger partial charge in [-0.25, -0.2) is 4.98 Å². The van der Waals surface area contributed by atoms with Gasteiger partial charge in [0.2, 0.25) is 5.91 Å². The minimum Gasteiger partial charge on any atom is -0.309 e. The van der Waals surface area contributed by atoms with E-state index >= 15 is 0 Å². The predicted octanol–water partition coefficient (Wildman–Crippen LogP) is 2.89. The standard InChI is InChI=1S/C19H21N5O/c1-13-8-20-23(9-13)12-16-11-22-10-15(14-4-5-14)7-17(19(22)21-16)24-6-2-3-18(24)25/h7-11,14H,2-6,12H2,1H3. The van der Waals surface area contributed by atoms with Gasteiger partial charge >= 0.3 is 0 Å². The van der Waals surface area contributed by atoms with Gasteiger partial charge in [0.15, 0.2) is 5.65 Å². The van der Waals surface area contributed by atoms with E-state index in [2.05, 4.69) is 28.0 Å². The Bertz CT molecular complexity index is 966. The fraction of sp³-hybridized carbons (Fsp3) is 0.421. The first kappa shape index (κ1) is 14.7. The molecule has 0 atom stereocenters. The molecule has 0 aromatic carbocycles. The Balaban J connectivity index is 1.59. The number of anilines is 1. The highest BCUT2D eigenvalue weighted by molar-refractivity contribution is 5.98. The molecule has 2 aliphatic rings. The topological polar surface area (TPSA) is 55.4 Å². The average Bonchev–Trinajstić information content (AvgIpc) is 3.03. The minimum atomic E-state index is 0.210. The largest absolute Gasteiger partial charge is 0.309 e. The molecule has 1 saturated heterocycles. The maximum absolute atomic E-state index is 12.3. The zero-order chi connectivity index (χ0) is 17.0. The number of rotatable bonds is 4. The van der Waals surface area contributed by atoms with Crippen LogP contribution in [0.15, 0.2) is 30.9 Å². The van der Waals surface area contributed by atoms with Crippen LogP contribution in [0.4, 0.5) is 5.69 Å². The molecular weight excluding hydrogens is 314 g/mol. The normalized spacial score (nSPS) is 17.8. The van der Waals surface area contributed by atoms with Gasteiger partial charge in [0.25, 0.3) is 0 Å². The molecule has 4 heterocycles. The second-order valence-corrected chi connectivity index (χ2v) is 7.26. The first-order chi connectivity index (χ1) is 12.2. The highest BCUT2D eigenvalue weighted by Crippen LogP contribution is 2.42. The Labute approximate surface area is 146 Å². The van der Waals surface area contributed by atoms with E-state index < -0.39 is 0 Å².